The van der Waals surface area contributed by atoms with E-state index in [-0.39, 0.29) is 11.8 Å². The van der Waals surface area contributed by atoms with Gasteiger partial charge in [-0.25, -0.2) is 5.43 Å². The predicted molar refractivity (Wildman–Crippen MR) is 102 cm³/mol. The van der Waals surface area contributed by atoms with Crippen molar-refractivity contribution >= 4 is 23.2 Å². The summed E-state index contributed by atoms with van der Waals surface area (Å²) in [7, 11) is 1.71. The van der Waals surface area contributed by atoms with Gasteiger partial charge in [0, 0.05) is 25.1 Å². The van der Waals surface area contributed by atoms with Gasteiger partial charge in [0.15, 0.2) is 0 Å². The monoisotopic (exact) mass is 362 g/mol. The Morgan fingerprint density at radius 2 is 1.78 bits per heavy atom. The SMILES string of the molecule is C/C(=N/NC(=O)c1ccccn1)c1ccc(NC(=O)c2ccnn2C)cc1. The van der Waals surface area contributed by atoms with Crippen molar-refractivity contribution in [3.05, 3.63) is 77.9 Å². The van der Waals surface area contributed by atoms with Crippen molar-refractivity contribution in [1.29, 1.82) is 0 Å². The van der Waals surface area contributed by atoms with Crippen LogP contribution in [0.1, 0.15) is 33.5 Å². The van der Waals surface area contributed by atoms with Gasteiger partial charge in [-0.3, -0.25) is 19.3 Å². The smallest absolute Gasteiger partial charge is 0.289 e. The molecular weight excluding hydrogens is 344 g/mol. The van der Waals surface area contributed by atoms with Gasteiger partial charge in [0.2, 0.25) is 0 Å². The van der Waals surface area contributed by atoms with Gasteiger partial charge < -0.3 is 5.32 Å². The van der Waals surface area contributed by atoms with Crippen molar-refractivity contribution in [2.45, 2.75) is 6.92 Å². The van der Waals surface area contributed by atoms with Crippen LogP contribution in [0.2, 0.25) is 0 Å². The van der Waals surface area contributed by atoms with Crippen molar-refractivity contribution in [1.82, 2.24) is 20.2 Å². The molecule has 2 amide bonds. The highest BCUT2D eigenvalue weighted by molar-refractivity contribution is 6.04. The van der Waals surface area contributed by atoms with E-state index in [0.29, 0.717) is 22.8 Å². The Hall–Kier alpha value is -3.81. The van der Waals surface area contributed by atoms with Gasteiger partial charge in [0.1, 0.15) is 11.4 Å². The average Bonchev–Trinajstić information content (AvgIpc) is 3.13. The van der Waals surface area contributed by atoms with E-state index in [4.69, 9.17) is 0 Å². The van der Waals surface area contributed by atoms with E-state index >= 15 is 0 Å². The number of carbonyl (C=O) groups is 2. The van der Waals surface area contributed by atoms with E-state index in [9.17, 15) is 9.59 Å². The molecule has 2 N–H and O–H groups in total. The first-order valence-electron chi connectivity index (χ1n) is 8.20. The zero-order chi connectivity index (χ0) is 19.2. The molecule has 0 radical (unpaired) electrons. The summed E-state index contributed by atoms with van der Waals surface area (Å²) in [5.41, 5.74) is 5.33. The van der Waals surface area contributed by atoms with Gasteiger partial charge in [0.25, 0.3) is 11.8 Å². The number of rotatable bonds is 5. The quantitative estimate of drug-likeness (QED) is 0.537. The number of anilines is 1. The summed E-state index contributed by atoms with van der Waals surface area (Å²) in [5, 5.41) is 10.9. The number of amides is 2. The molecule has 8 heteroatoms. The Kier molecular flexibility index (Phi) is 5.36. The molecule has 3 rings (SSSR count). The third kappa shape index (κ3) is 4.43. The van der Waals surface area contributed by atoms with Crippen LogP contribution in [-0.2, 0) is 7.05 Å². The van der Waals surface area contributed by atoms with Crippen LogP contribution >= 0.6 is 0 Å². The van der Waals surface area contributed by atoms with Crippen LogP contribution in [0, 0.1) is 0 Å². The third-order valence-corrected chi connectivity index (χ3v) is 3.84. The van der Waals surface area contributed by atoms with Crippen molar-refractivity contribution in [3.63, 3.8) is 0 Å². The van der Waals surface area contributed by atoms with E-state index in [1.165, 1.54) is 4.68 Å². The van der Waals surface area contributed by atoms with Crippen molar-refractivity contribution in [2.75, 3.05) is 5.32 Å². The number of nitrogens with one attached hydrogen (secondary N) is 2. The van der Waals surface area contributed by atoms with Crippen LogP contribution in [0.15, 0.2) is 66.0 Å². The number of hydrogen-bond donors (Lipinski definition) is 2. The maximum absolute atomic E-state index is 12.2. The second-order valence-electron chi connectivity index (χ2n) is 5.72. The highest BCUT2D eigenvalue weighted by Crippen LogP contribution is 2.12. The number of aryl methyl sites for hydroxylation is 1. The molecule has 0 aliphatic rings. The zero-order valence-corrected chi connectivity index (χ0v) is 14.9. The maximum Gasteiger partial charge on any atom is 0.289 e. The molecule has 3 aromatic rings. The van der Waals surface area contributed by atoms with Crippen molar-refractivity contribution in [3.8, 4) is 0 Å². The number of hydrogen-bond acceptors (Lipinski definition) is 5. The summed E-state index contributed by atoms with van der Waals surface area (Å²) in [6.07, 6.45) is 3.11. The Morgan fingerprint density at radius 1 is 1.00 bits per heavy atom. The first-order valence-corrected chi connectivity index (χ1v) is 8.20. The fourth-order valence-electron chi connectivity index (χ4n) is 2.34. The van der Waals surface area contributed by atoms with E-state index in [0.717, 1.165) is 5.56 Å². The largest absolute Gasteiger partial charge is 0.321 e. The second-order valence-corrected chi connectivity index (χ2v) is 5.72. The van der Waals surface area contributed by atoms with Gasteiger partial charge in [-0.15, -0.1) is 0 Å². The van der Waals surface area contributed by atoms with Crippen LogP contribution in [0.4, 0.5) is 5.69 Å². The number of benzene rings is 1. The molecule has 136 valence electrons. The lowest BCUT2D eigenvalue weighted by atomic mass is 10.1. The number of nitrogens with zero attached hydrogens (tertiary/aromatic N) is 4. The molecule has 2 aromatic heterocycles. The molecule has 8 nitrogen and oxygen atoms in total. The Labute approximate surface area is 155 Å². The lowest BCUT2D eigenvalue weighted by Crippen LogP contribution is -2.20. The number of aromatic nitrogens is 3. The van der Waals surface area contributed by atoms with Crippen LogP contribution in [0.3, 0.4) is 0 Å². The summed E-state index contributed by atoms with van der Waals surface area (Å²) in [6, 6.07) is 13.9. The first kappa shape index (κ1) is 18.0. The number of pyridine rings is 1. The van der Waals surface area contributed by atoms with E-state index < -0.39 is 0 Å². The molecular formula is C19H18N6O2. The topological polar surface area (TPSA) is 101 Å². The van der Waals surface area contributed by atoms with Gasteiger partial charge >= 0.3 is 0 Å². The van der Waals surface area contributed by atoms with Gasteiger partial charge in [-0.2, -0.15) is 10.2 Å². The normalized spacial score (nSPS) is 11.1. The fraction of sp³-hybridized carbons (Fsp3) is 0.105. The fourth-order valence-corrected chi connectivity index (χ4v) is 2.34. The molecule has 27 heavy (non-hydrogen) atoms. The molecule has 0 spiro atoms. The summed E-state index contributed by atoms with van der Waals surface area (Å²) < 4.78 is 1.50. The van der Waals surface area contributed by atoms with E-state index in [1.54, 1.807) is 62.8 Å². The molecule has 0 atom stereocenters. The average molecular weight is 362 g/mol. The number of carbonyl (C=O) groups excluding carboxylic acids is 2. The van der Waals surface area contributed by atoms with Crippen molar-refractivity contribution in [2.24, 2.45) is 12.1 Å². The zero-order valence-electron chi connectivity index (χ0n) is 14.9. The van der Waals surface area contributed by atoms with Crippen LogP contribution in [0.25, 0.3) is 0 Å². The first-order chi connectivity index (χ1) is 13.0. The predicted octanol–water partition coefficient (Wildman–Crippen LogP) is 2.22. The summed E-state index contributed by atoms with van der Waals surface area (Å²) in [5.74, 6) is -0.620. The molecule has 0 aliphatic carbocycles. The highest BCUT2D eigenvalue weighted by atomic mass is 16.2. The Morgan fingerprint density at radius 3 is 2.41 bits per heavy atom. The van der Waals surface area contributed by atoms with Gasteiger partial charge in [-0.05, 0) is 42.8 Å². The van der Waals surface area contributed by atoms with E-state index in [1.807, 2.05) is 12.1 Å². The van der Waals surface area contributed by atoms with Gasteiger partial charge in [0.05, 0.1) is 5.71 Å². The molecule has 0 unspecified atom stereocenters. The molecule has 0 saturated carbocycles. The Balaban J connectivity index is 1.63. The van der Waals surface area contributed by atoms with Crippen LogP contribution in [0.5, 0.6) is 0 Å². The van der Waals surface area contributed by atoms with E-state index in [2.05, 4.69) is 25.9 Å². The number of hydrazone groups is 1. The van der Waals surface area contributed by atoms with Crippen LogP contribution < -0.4 is 10.7 Å². The standard InChI is InChI=1S/C19H18N6O2/c1-13(23-24-18(26)16-5-3-4-11-20-16)14-6-8-15(9-7-14)22-19(27)17-10-12-21-25(17)2/h3-12H,1-2H3,(H,22,27)(H,24,26)/b23-13-. The minimum Gasteiger partial charge on any atom is -0.321 e. The maximum atomic E-state index is 12.2. The minimum absolute atomic E-state index is 0.240. The summed E-state index contributed by atoms with van der Waals surface area (Å²) in [4.78, 5) is 28.1. The molecule has 0 bridgehead atoms. The molecule has 1 aromatic carbocycles. The molecule has 0 fully saturated rings. The highest BCUT2D eigenvalue weighted by Gasteiger charge is 2.10. The second kappa shape index (κ2) is 8.05. The lowest BCUT2D eigenvalue weighted by molar-refractivity contribution is 0.0949. The molecule has 0 saturated heterocycles. The summed E-state index contributed by atoms with van der Waals surface area (Å²) in [6.45, 7) is 1.78. The minimum atomic E-state index is -0.380. The lowest BCUT2D eigenvalue weighted by Gasteiger charge is -2.07. The molecule has 2 heterocycles. The molecule has 0 aliphatic heterocycles. The van der Waals surface area contributed by atoms with Crippen LogP contribution in [-0.4, -0.2) is 32.3 Å². The summed E-state index contributed by atoms with van der Waals surface area (Å²) >= 11 is 0. The van der Waals surface area contributed by atoms with Crippen molar-refractivity contribution < 1.29 is 9.59 Å². The third-order valence-electron chi connectivity index (χ3n) is 3.84. The van der Waals surface area contributed by atoms with Gasteiger partial charge in [-0.1, -0.05) is 18.2 Å². The Bertz CT molecular complexity index is 977.